The van der Waals surface area contributed by atoms with Gasteiger partial charge in [0.05, 0.1) is 11.6 Å². The molecule has 1 saturated heterocycles. The van der Waals surface area contributed by atoms with Crippen LogP contribution in [0.3, 0.4) is 0 Å². The Morgan fingerprint density at radius 1 is 1.40 bits per heavy atom. The molecule has 2 N–H and O–H groups in total. The van der Waals surface area contributed by atoms with E-state index in [0.29, 0.717) is 53.9 Å². The number of hydrogen-bond donors (Lipinski definition) is 2. The Morgan fingerprint density at radius 3 is 3.10 bits per heavy atom. The van der Waals surface area contributed by atoms with Crippen molar-refractivity contribution in [3.8, 4) is 5.75 Å². The number of likely N-dealkylation sites (tertiary alicyclic amines) is 1. The van der Waals surface area contributed by atoms with E-state index in [1.807, 2.05) is 18.2 Å². The quantitative estimate of drug-likeness (QED) is 0.424. The van der Waals surface area contributed by atoms with Crippen molar-refractivity contribution in [1.82, 2.24) is 24.8 Å². The first kappa shape index (κ1) is 20.2. The number of nitrogens with zero attached hydrogens (tertiary/aromatic N) is 4. The number of para-hydroxylation sites is 1. The van der Waals surface area contributed by atoms with Crippen LogP contribution >= 0.6 is 11.6 Å². The largest absolute Gasteiger partial charge is 0.492 e. The fourth-order valence-corrected chi connectivity index (χ4v) is 3.67. The number of fused-ring (bicyclic) bond motifs is 1. The van der Waals surface area contributed by atoms with E-state index < -0.39 is 0 Å². The number of aromatic nitrogens is 4. The monoisotopic (exact) mass is 426 g/mol. The predicted molar refractivity (Wildman–Crippen MR) is 116 cm³/mol. The van der Waals surface area contributed by atoms with Gasteiger partial charge >= 0.3 is 0 Å². The van der Waals surface area contributed by atoms with Crippen LogP contribution in [0.25, 0.3) is 11.2 Å². The van der Waals surface area contributed by atoms with Crippen LogP contribution < -0.4 is 10.1 Å². The van der Waals surface area contributed by atoms with Crippen molar-refractivity contribution in [2.45, 2.75) is 25.3 Å². The van der Waals surface area contributed by atoms with E-state index in [1.54, 1.807) is 11.0 Å². The van der Waals surface area contributed by atoms with Gasteiger partial charge in [-0.3, -0.25) is 4.79 Å². The molecule has 3 heterocycles. The first-order valence-electron chi connectivity index (χ1n) is 9.89. The standard InChI is InChI=1S/C21H23ClN6O2/c1-2-18(29)28-10-9-14(12-28)25-20-19-21(24-13-23-20)27-17(26-19)8-5-11-30-16-7-4-3-6-15(16)22/h2-4,6-7,13-14H,1,5,8-12H2,(H2,23,24,25,26,27). The zero-order valence-corrected chi connectivity index (χ0v) is 17.2. The third kappa shape index (κ3) is 4.54. The van der Waals surface area contributed by atoms with Crippen LogP contribution in [0.2, 0.25) is 5.02 Å². The van der Waals surface area contributed by atoms with Gasteiger partial charge in [-0.05, 0) is 31.1 Å². The minimum atomic E-state index is -0.0480. The molecule has 3 aromatic rings. The SMILES string of the molecule is C=CC(=O)N1CCC(Nc2ncnc3[nH]c(CCCOc4ccccc4Cl)nc23)C1. The molecular formula is C21H23ClN6O2. The molecule has 1 aliphatic rings. The van der Waals surface area contributed by atoms with Gasteiger partial charge in [-0.1, -0.05) is 30.3 Å². The zero-order chi connectivity index (χ0) is 20.9. The minimum Gasteiger partial charge on any atom is -0.492 e. The molecule has 0 saturated carbocycles. The Hall–Kier alpha value is -3.13. The molecule has 30 heavy (non-hydrogen) atoms. The number of amides is 1. The van der Waals surface area contributed by atoms with Crippen molar-refractivity contribution in [3.05, 3.63) is 54.1 Å². The number of aromatic amines is 1. The van der Waals surface area contributed by atoms with Crippen LogP contribution in [0.5, 0.6) is 5.75 Å². The summed E-state index contributed by atoms with van der Waals surface area (Å²) in [5, 5.41) is 4.00. The second-order valence-electron chi connectivity index (χ2n) is 7.10. The molecule has 1 aromatic carbocycles. The second kappa shape index (κ2) is 9.13. The highest BCUT2D eigenvalue weighted by atomic mass is 35.5. The third-order valence-corrected chi connectivity index (χ3v) is 5.31. The van der Waals surface area contributed by atoms with E-state index in [4.69, 9.17) is 16.3 Å². The molecule has 9 heteroatoms. The number of ether oxygens (including phenoxy) is 1. The first-order chi connectivity index (χ1) is 14.6. The number of aryl methyl sites for hydroxylation is 1. The number of halogens is 1. The topological polar surface area (TPSA) is 96.0 Å². The van der Waals surface area contributed by atoms with Crippen LogP contribution in [0.15, 0.2) is 43.2 Å². The van der Waals surface area contributed by atoms with Gasteiger partial charge in [0.15, 0.2) is 17.0 Å². The summed E-state index contributed by atoms with van der Waals surface area (Å²) in [6.07, 6.45) is 5.20. The molecule has 0 radical (unpaired) electrons. The van der Waals surface area contributed by atoms with Crippen LogP contribution in [-0.4, -0.2) is 56.5 Å². The summed E-state index contributed by atoms with van der Waals surface area (Å²) in [5.41, 5.74) is 1.39. The molecule has 1 fully saturated rings. The highest BCUT2D eigenvalue weighted by Gasteiger charge is 2.25. The lowest BCUT2D eigenvalue weighted by molar-refractivity contribution is -0.125. The molecule has 1 amide bonds. The van der Waals surface area contributed by atoms with Crippen molar-refractivity contribution in [1.29, 1.82) is 0 Å². The van der Waals surface area contributed by atoms with E-state index in [-0.39, 0.29) is 11.9 Å². The molecule has 4 rings (SSSR count). The third-order valence-electron chi connectivity index (χ3n) is 5.00. The Morgan fingerprint density at radius 2 is 2.27 bits per heavy atom. The smallest absolute Gasteiger partial charge is 0.246 e. The normalized spacial score (nSPS) is 16.0. The fraction of sp³-hybridized carbons (Fsp3) is 0.333. The zero-order valence-electron chi connectivity index (χ0n) is 16.5. The molecule has 0 aliphatic carbocycles. The van der Waals surface area contributed by atoms with E-state index in [2.05, 4.69) is 31.8 Å². The van der Waals surface area contributed by atoms with Crippen molar-refractivity contribution in [2.75, 3.05) is 25.0 Å². The second-order valence-corrected chi connectivity index (χ2v) is 7.51. The lowest BCUT2D eigenvalue weighted by atomic mass is 10.2. The average molecular weight is 427 g/mol. The lowest BCUT2D eigenvalue weighted by Gasteiger charge is -2.15. The number of imidazole rings is 1. The average Bonchev–Trinajstić information content (AvgIpc) is 3.39. The molecule has 2 aromatic heterocycles. The first-order valence-corrected chi connectivity index (χ1v) is 10.3. The number of benzene rings is 1. The van der Waals surface area contributed by atoms with Gasteiger partial charge < -0.3 is 19.9 Å². The maximum atomic E-state index is 11.8. The van der Waals surface area contributed by atoms with Gasteiger partial charge in [0.2, 0.25) is 5.91 Å². The highest BCUT2D eigenvalue weighted by Crippen LogP contribution is 2.24. The van der Waals surface area contributed by atoms with Crippen molar-refractivity contribution in [3.63, 3.8) is 0 Å². The Labute approximate surface area is 179 Å². The van der Waals surface area contributed by atoms with Gasteiger partial charge in [0.1, 0.15) is 17.9 Å². The number of anilines is 1. The van der Waals surface area contributed by atoms with Crippen LogP contribution in [-0.2, 0) is 11.2 Å². The fourth-order valence-electron chi connectivity index (χ4n) is 3.48. The van der Waals surface area contributed by atoms with E-state index >= 15 is 0 Å². The number of nitrogens with one attached hydrogen (secondary N) is 2. The molecule has 1 unspecified atom stereocenters. The number of carbonyl (C=O) groups excluding carboxylic acids is 1. The maximum absolute atomic E-state index is 11.8. The molecule has 0 bridgehead atoms. The van der Waals surface area contributed by atoms with Crippen LogP contribution in [0.4, 0.5) is 5.82 Å². The summed E-state index contributed by atoms with van der Waals surface area (Å²) in [7, 11) is 0. The predicted octanol–water partition coefficient (Wildman–Crippen LogP) is 3.22. The summed E-state index contributed by atoms with van der Waals surface area (Å²) >= 11 is 6.10. The lowest BCUT2D eigenvalue weighted by Crippen LogP contribution is -2.30. The number of hydrogen-bond acceptors (Lipinski definition) is 6. The van der Waals surface area contributed by atoms with Gasteiger partial charge in [-0.2, -0.15) is 0 Å². The Balaban J connectivity index is 1.36. The number of carbonyl (C=O) groups is 1. The molecule has 8 nitrogen and oxygen atoms in total. The maximum Gasteiger partial charge on any atom is 0.246 e. The van der Waals surface area contributed by atoms with Gasteiger partial charge in [-0.15, -0.1) is 0 Å². The number of rotatable bonds is 8. The van der Waals surface area contributed by atoms with Gasteiger partial charge in [-0.25, -0.2) is 15.0 Å². The highest BCUT2D eigenvalue weighted by molar-refractivity contribution is 6.32. The molecular weight excluding hydrogens is 404 g/mol. The van der Waals surface area contributed by atoms with Crippen LogP contribution in [0, 0.1) is 0 Å². The minimum absolute atomic E-state index is 0.0480. The van der Waals surface area contributed by atoms with E-state index in [0.717, 1.165) is 18.7 Å². The molecule has 1 atom stereocenters. The summed E-state index contributed by atoms with van der Waals surface area (Å²) in [6, 6.07) is 7.54. The van der Waals surface area contributed by atoms with Crippen LogP contribution in [0.1, 0.15) is 18.7 Å². The van der Waals surface area contributed by atoms with Gasteiger partial charge in [0.25, 0.3) is 0 Å². The van der Waals surface area contributed by atoms with E-state index in [9.17, 15) is 4.79 Å². The van der Waals surface area contributed by atoms with Crippen molar-refractivity contribution >= 4 is 34.5 Å². The Kier molecular flexibility index (Phi) is 6.13. The molecule has 156 valence electrons. The number of H-pyrrole nitrogens is 1. The van der Waals surface area contributed by atoms with Gasteiger partial charge in [0, 0.05) is 25.6 Å². The summed E-state index contributed by atoms with van der Waals surface area (Å²) in [6.45, 7) is 5.40. The molecule has 0 spiro atoms. The summed E-state index contributed by atoms with van der Waals surface area (Å²) < 4.78 is 5.73. The van der Waals surface area contributed by atoms with Crippen molar-refractivity contribution < 1.29 is 9.53 Å². The summed E-state index contributed by atoms with van der Waals surface area (Å²) in [5.74, 6) is 2.13. The van der Waals surface area contributed by atoms with Crippen molar-refractivity contribution in [2.24, 2.45) is 0 Å². The van der Waals surface area contributed by atoms with E-state index in [1.165, 1.54) is 12.4 Å². The summed E-state index contributed by atoms with van der Waals surface area (Å²) in [4.78, 5) is 30.1. The Bertz CT molecular complexity index is 1050. The molecule has 1 aliphatic heterocycles.